The summed E-state index contributed by atoms with van der Waals surface area (Å²) in [5, 5.41) is 13.6. The molecule has 1 rings (SSSR count). The molecule has 3 N–H and O–H groups in total. The molecule has 2 amide bonds. The second-order valence-corrected chi connectivity index (χ2v) is 3.63. The fourth-order valence-corrected chi connectivity index (χ4v) is 1.33. The Morgan fingerprint density at radius 2 is 1.94 bits per heavy atom. The quantitative estimate of drug-likeness (QED) is 0.655. The Morgan fingerprint density at radius 3 is 2.50 bits per heavy atom. The first-order valence-corrected chi connectivity index (χ1v) is 5.57. The molecule has 0 aliphatic heterocycles. The van der Waals surface area contributed by atoms with Crippen molar-refractivity contribution < 1.29 is 14.7 Å². The number of nitrogens with one attached hydrogen (secondary N) is 2. The molecule has 0 aliphatic carbocycles. The minimum atomic E-state index is -0.428. The van der Waals surface area contributed by atoms with Crippen molar-refractivity contribution in [2.75, 3.05) is 13.2 Å². The predicted octanol–water partition coefficient (Wildman–Crippen LogP) is 0.272. The van der Waals surface area contributed by atoms with Gasteiger partial charge in [0, 0.05) is 13.5 Å². The summed E-state index contributed by atoms with van der Waals surface area (Å²) in [6, 6.07) is 9.18. The van der Waals surface area contributed by atoms with Gasteiger partial charge in [-0.1, -0.05) is 30.3 Å². The van der Waals surface area contributed by atoms with Crippen molar-refractivity contribution in [3.05, 3.63) is 41.6 Å². The van der Waals surface area contributed by atoms with Gasteiger partial charge in [0.05, 0.1) is 6.61 Å². The highest BCUT2D eigenvalue weighted by Gasteiger charge is 2.10. The summed E-state index contributed by atoms with van der Waals surface area (Å²) in [6.45, 7) is 1.33. The smallest absolute Gasteiger partial charge is 0.267 e. The lowest BCUT2D eigenvalue weighted by atomic mass is 10.2. The molecular formula is C13H16N2O3. The molecule has 0 heterocycles. The Labute approximate surface area is 106 Å². The van der Waals surface area contributed by atoms with Crippen LogP contribution in [0.2, 0.25) is 0 Å². The van der Waals surface area contributed by atoms with Crippen LogP contribution in [-0.2, 0) is 9.59 Å². The lowest BCUT2D eigenvalue weighted by Gasteiger charge is -2.08. The van der Waals surface area contributed by atoms with Crippen LogP contribution < -0.4 is 10.6 Å². The van der Waals surface area contributed by atoms with Gasteiger partial charge in [0.1, 0.15) is 5.70 Å². The standard InChI is InChI=1S/C13H16N2O3/c1-10(17)15-12(13(18)14-7-8-16)9-11-5-3-2-4-6-11/h2-6,9,16H,7-8H2,1H3,(H,14,18)(H,15,17)/b12-9-. The molecule has 96 valence electrons. The molecular weight excluding hydrogens is 232 g/mol. The molecule has 0 unspecified atom stereocenters. The maximum atomic E-state index is 11.7. The first-order chi connectivity index (χ1) is 8.63. The van der Waals surface area contributed by atoms with E-state index in [1.165, 1.54) is 6.92 Å². The van der Waals surface area contributed by atoms with E-state index in [0.29, 0.717) is 0 Å². The summed E-state index contributed by atoms with van der Waals surface area (Å²) in [7, 11) is 0. The minimum Gasteiger partial charge on any atom is -0.395 e. The van der Waals surface area contributed by atoms with Crippen LogP contribution in [0.4, 0.5) is 0 Å². The molecule has 0 fully saturated rings. The Kier molecular flexibility index (Phi) is 5.60. The van der Waals surface area contributed by atoms with E-state index in [0.717, 1.165) is 5.56 Å². The van der Waals surface area contributed by atoms with E-state index >= 15 is 0 Å². The molecule has 0 spiro atoms. The molecule has 0 aliphatic rings. The number of hydrogen-bond donors (Lipinski definition) is 3. The van der Waals surface area contributed by atoms with Crippen molar-refractivity contribution in [3.8, 4) is 0 Å². The van der Waals surface area contributed by atoms with Gasteiger partial charge in [0.2, 0.25) is 5.91 Å². The van der Waals surface area contributed by atoms with Gasteiger partial charge in [-0.25, -0.2) is 0 Å². The van der Waals surface area contributed by atoms with Crippen LogP contribution in [0.3, 0.4) is 0 Å². The zero-order chi connectivity index (χ0) is 13.4. The number of amides is 2. The molecule has 0 saturated carbocycles. The van der Waals surface area contributed by atoms with Gasteiger partial charge in [0.25, 0.3) is 5.91 Å². The van der Waals surface area contributed by atoms with Crippen LogP contribution in [0.1, 0.15) is 12.5 Å². The molecule has 1 aromatic rings. The molecule has 0 saturated heterocycles. The summed E-state index contributed by atoms with van der Waals surface area (Å²) in [4.78, 5) is 22.8. The minimum absolute atomic E-state index is 0.143. The van der Waals surface area contributed by atoms with Crippen molar-refractivity contribution in [2.45, 2.75) is 6.92 Å². The average Bonchev–Trinajstić information content (AvgIpc) is 2.36. The van der Waals surface area contributed by atoms with Crippen molar-refractivity contribution in [2.24, 2.45) is 0 Å². The number of aliphatic hydroxyl groups is 1. The fourth-order valence-electron chi connectivity index (χ4n) is 1.33. The number of carbonyl (C=O) groups is 2. The average molecular weight is 248 g/mol. The Morgan fingerprint density at radius 1 is 1.28 bits per heavy atom. The van der Waals surface area contributed by atoms with Crippen molar-refractivity contribution in [1.82, 2.24) is 10.6 Å². The van der Waals surface area contributed by atoms with Crippen molar-refractivity contribution in [3.63, 3.8) is 0 Å². The van der Waals surface area contributed by atoms with Gasteiger partial charge in [-0.2, -0.15) is 0 Å². The Balaban J connectivity index is 2.87. The fraction of sp³-hybridized carbons (Fsp3) is 0.231. The largest absolute Gasteiger partial charge is 0.395 e. The van der Waals surface area contributed by atoms with Crippen LogP contribution in [0.5, 0.6) is 0 Å². The van der Waals surface area contributed by atoms with Crippen LogP contribution in [0.15, 0.2) is 36.0 Å². The first kappa shape index (κ1) is 13.9. The van der Waals surface area contributed by atoms with E-state index in [9.17, 15) is 9.59 Å². The lowest BCUT2D eigenvalue weighted by Crippen LogP contribution is -2.35. The zero-order valence-corrected chi connectivity index (χ0v) is 10.1. The number of benzene rings is 1. The molecule has 0 bridgehead atoms. The Bertz CT molecular complexity index is 441. The molecule has 5 heteroatoms. The highest BCUT2D eigenvalue weighted by Crippen LogP contribution is 2.04. The van der Waals surface area contributed by atoms with E-state index in [1.54, 1.807) is 6.08 Å². The third kappa shape index (κ3) is 4.80. The van der Waals surface area contributed by atoms with Crippen molar-refractivity contribution >= 4 is 17.9 Å². The summed E-state index contributed by atoms with van der Waals surface area (Å²) in [6.07, 6.45) is 1.58. The van der Waals surface area contributed by atoms with Gasteiger partial charge in [-0.3, -0.25) is 9.59 Å². The number of aliphatic hydroxyl groups excluding tert-OH is 1. The van der Waals surface area contributed by atoms with Gasteiger partial charge in [-0.15, -0.1) is 0 Å². The van der Waals surface area contributed by atoms with Crippen LogP contribution in [-0.4, -0.2) is 30.1 Å². The third-order valence-corrected chi connectivity index (χ3v) is 2.06. The summed E-state index contributed by atoms with van der Waals surface area (Å²) in [5.74, 6) is -0.751. The molecule has 1 aromatic carbocycles. The van der Waals surface area contributed by atoms with Gasteiger partial charge in [0.15, 0.2) is 0 Å². The first-order valence-electron chi connectivity index (χ1n) is 5.57. The molecule has 5 nitrogen and oxygen atoms in total. The van der Waals surface area contributed by atoms with E-state index in [2.05, 4.69) is 10.6 Å². The van der Waals surface area contributed by atoms with Crippen molar-refractivity contribution in [1.29, 1.82) is 0 Å². The van der Waals surface area contributed by atoms with E-state index < -0.39 is 5.91 Å². The highest BCUT2D eigenvalue weighted by molar-refractivity contribution is 6.00. The molecule has 0 aromatic heterocycles. The Hall–Kier alpha value is -2.14. The second kappa shape index (κ2) is 7.24. The SMILES string of the molecule is CC(=O)N/C(=C\c1ccccc1)C(=O)NCCO. The van der Waals surface area contributed by atoms with E-state index in [1.807, 2.05) is 30.3 Å². The maximum Gasteiger partial charge on any atom is 0.267 e. The second-order valence-electron chi connectivity index (χ2n) is 3.63. The zero-order valence-electron chi connectivity index (χ0n) is 10.1. The summed E-state index contributed by atoms with van der Waals surface area (Å²) >= 11 is 0. The van der Waals surface area contributed by atoms with Gasteiger partial charge < -0.3 is 15.7 Å². The molecule has 0 radical (unpaired) electrons. The van der Waals surface area contributed by atoms with E-state index in [-0.39, 0.29) is 24.8 Å². The third-order valence-electron chi connectivity index (χ3n) is 2.06. The van der Waals surface area contributed by atoms with Crippen LogP contribution in [0.25, 0.3) is 6.08 Å². The molecule has 18 heavy (non-hydrogen) atoms. The highest BCUT2D eigenvalue weighted by atomic mass is 16.3. The topological polar surface area (TPSA) is 78.4 Å². The van der Waals surface area contributed by atoms with Gasteiger partial charge >= 0.3 is 0 Å². The lowest BCUT2D eigenvalue weighted by molar-refractivity contribution is -0.122. The van der Waals surface area contributed by atoms with Crippen LogP contribution >= 0.6 is 0 Å². The van der Waals surface area contributed by atoms with Gasteiger partial charge in [-0.05, 0) is 11.6 Å². The molecule has 0 atom stereocenters. The summed E-state index contributed by atoms with van der Waals surface area (Å²) in [5.41, 5.74) is 0.961. The maximum absolute atomic E-state index is 11.7. The predicted molar refractivity (Wildman–Crippen MR) is 68.3 cm³/mol. The van der Waals surface area contributed by atoms with E-state index in [4.69, 9.17) is 5.11 Å². The number of hydrogen-bond acceptors (Lipinski definition) is 3. The summed E-state index contributed by atoms with van der Waals surface area (Å²) < 4.78 is 0. The van der Waals surface area contributed by atoms with Crippen LogP contribution in [0, 0.1) is 0 Å². The monoisotopic (exact) mass is 248 g/mol. The number of carbonyl (C=O) groups excluding carboxylic acids is 2. The normalized spacial score (nSPS) is 10.9. The number of rotatable bonds is 5.